The zero-order valence-electron chi connectivity index (χ0n) is 12.6. The van der Waals surface area contributed by atoms with Crippen LogP contribution in [0.15, 0.2) is 42.5 Å². The first-order chi connectivity index (χ1) is 11.1. The number of aliphatic hydroxyl groups excluding tert-OH is 1. The fourth-order valence-corrected chi connectivity index (χ4v) is 4.06. The van der Waals surface area contributed by atoms with E-state index in [0.29, 0.717) is 6.54 Å². The molecule has 2 aromatic rings. The van der Waals surface area contributed by atoms with E-state index in [1.165, 1.54) is 0 Å². The van der Waals surface area contributed by atoms with E-state index in [9.17, 15) is 13.5 Å². The largest absolute Gasteiger partial charge is 0.389 e. The molecule has 0 spiro atoms. The summed E-state index contributed by atoms with van der Waals surface area (Å²) >= 11 is 0. The smallest absolute Gasteiger partial charge is 0.219 e. The molecule has 7 heteroatoms. The van der Waals surface area contributed by atoms with Gasteiger partial charge >= 0.3 is 0 Å². The van der Waals surface area contributed by atoms with Crippen LogP contribution >= 0.6 is 0 Å². The Bertz CT molecular complexity index is 773. The Kier molecular flexibility index (Phi) is 4.82. The highest BCUT2D eigenvalue weighted by Gasteiger charge is 2.37. The Morgan fingerprint density at radius 2 is 1.87 bits per heavy atom. The molecular weight excluding hydrogens is 316 g/mol. The lowest BCUT2D eigenvalue weighted by atomic mass is 10.1. The molecule has 23 heavy (non-hydrogen) atoms. The molecule has 1 aliphatic heterocycles. The van der Waals surface area contributed by atoms with Crippen LogP contribution in [0, 0.1) is 0 Å². The lowest BCUT2D eigenvalue weighted by molar-refractivity contribution is 0.127. The van der Waals surface area contributed by atoms with Crippen LogP contribution in [-0.4, -0.2) is 51.2 Å². The van der Waals surface area contributed by atoms with Crippen molar-refractivity contribution in [2.75, 3.05) is 31.6 Å². The van der Waals surface area contributed by atoms with Gasteiger partial charge < -0.3 is 15.2 Å². The van der Waals surface area contributed by atoms with Crippen molar-refractivity contribution in [1.29, 1.82) is 0 Å². The Hall–Kier alpha value is -1.67. The van der Waals surface area contributed by atoms with Crippen molar-refractivity contribution in [1.82, 2.24) is 4.72 Å². The molecule has 1 heterocycles. The Morgan fingerprint density at radius 3 is 2.65 bits per heavy atom. The summed E-state index contributed by atoms with van der Waals surface area (Å²) in [6.07, 6.45) is -0.960. The molecular formula is C16H20N2O4S. The van der Waals surface area contributed by atoms with Crippen molar-refractivity contribution in [2.24, 2.45) is 0 Å². The number of hydrogen-bond acceptors (Lipinski definition) is 5. The third-order valence-electron chi connectivity index (χ3n) is 3.93. The van der Waals surface area contributed by atoms with Gasteiger partial charge in [0.05, 0.1) is 19.3 Å². The summed E-state index contributed by atoms with van der Waals surface area (Å²) in [6.45, 7) is 0.804. The number of hydrogen-bond donors (Lipinski definition) is 3. The van der Waals surface area contributed by atoms with E-state index in [4.69, 9.17) is 4.74 Å². The molecule has 1 saturated heterocycles. The first-order valence-corrected chi connectivity index (χ1v) is 9.08. The van der Waals surface area contributed by atoms with Crippen LogP contribution in [0.1, 0.15) is 0 Å². The van der Waals surface area contributed by atoms with Crippen LogP contribution in [0.3, 0.4) is 0 Å². The van der Waals surface area contributed by atoms with Crippen LogP contribution in [0.5, 0.6) is 0 Å². The summed E-state index contributed by atoms with van der Waals surface area (Å²) in [6, 6.07) is 14.0. The van der Waals surface area contributed by atoms with Gasteiger partial charge in [-0.15, -0.1) is 0 Å². The third-order valence-corrected chi connectivity index (χ3v) is 5.79. The lowest BCUT2D eigenvalue weighted by Crippen LogP contribution is -2.42. The highest BCUT2D eigenvalue weighted by Crippen LogP contribution is 2.22. The van der Waals surface area contributed by atoms with Gasteiger partial charge in [0.15, 0.2) is 0 Å². The van der Waals surface area contributed by atoms with Crippen molar-refractivity contribution in [3.8, 4) is 0 Å². The molecule has 1 fully saturated rings. The van der Waals surface area contributed by atoms with Gasteiger partial charge in [0.2, 0.25) is 10.0 Å². The first kappa shape index (κ1) is 16.2. The minimum atomic E-state index is -3.57. The molecule has 1 aliphatic rings. The monoisotopic (exact) mass is 336 g/mol. The number of rotatable bonds is 6. The molecule has 0 bridgehead atoms. The van der Waals surface area contributed by atoms with Gasteiger partial charge in [0, 0.05) is 24.2 Å². The highest BCUT2D eigenvalue weighted by molar-refractivity contribution is 7.90. The fourth-order valence-electron chi connectivity index (χ4n) is 2.70. The van der Waals surface area contributed by atoms with Crippen molar-refractivity contribution in [3.63, 3.8) is 0 Å². The van der Waals surface area contributed by atoms with Crippen molar-refractivity contribution >= 4 is 26.5 Å². The van der Waals surface area contributed by atoms with Crippen LogP contribution in [0.4, 0.5) is 5.69 Å². The van der Waals surface area contributed by atoms with E-state index < -0.39 is 21.4 Å². The normalized spacial score (nSPS) is 21.6. The average molecular weight is 336 g/mol. The van der Waals surface area contributed by atoms with Crippen molar-refractivity contribution in [2.45, 2.75) is 11.4 Å². The maximum absolute atomic E-state index is 12.1. The van der Waals surface area contributed by atoms with Gasteiger partial charge in [0.25, 0.3) is 0 Å². The Morgan fingerprint density at radius 1 is 1.09 bits per heavy atom. The SMILES string of the molecule is O=S(=O)(NCCNc1cccc2ccccc12)C1COCC1O. The summed E-state index contributed by atoms with van der Waals surface area (Å²) in [5, 5.41) is 14.2. The van der Waals surface area contributed by atoms with Crippen molar-refractivity contribution < 1.29 is 18.3 Å². The quantitative estimate of drug-likeness (QED) is 0.683. The zero-order valence-corrected chi connectivity index (χ0v) is 13.4. The fraction of sp³-hybridized carbons (Fsp3) is 0.375. The second kappa shape index (κ2) is 6.84. The van der Waals surface area contributed by atoms with Crippen LogP contribution in [-0.2, 0) is 14.8 Å². The predicted octanol–water partition coefficient (Wildman–Crippen LogP) is 0.931. The van der Waals surface area contributed by atoms with Crippen LogP contribution < -0.4 is 10.0 Å². The summed E-state index contributed by atoms with van der Waals surface area (Å²) in [5.74, 6) is 0. The number of fused-ring (bicyclic) bond motifs is 1. The zero-order chi connectivity index (χ0) is 16.3. The molecule has 3 N–H and O–H groups in total. The van der Waals surface area contributed by atoms with E-state index in [1.807, 2.05) is 42.5 Å². The predicted molar refractivity (Wildman–Crippen MR) is 90.0 cm³/mol. The Labute approximate surface area is 135 Å². The number of nitrogens with one attached hydrogen (secondary N) is 2. The minimum Gasteiger partial charge on any atom is -0.389 e. The molecule has 3 rings (SSSR count). The highest BCUT2D eigenvalue weighted by atomic mass is 32.2. The molecule has 0 saturated carbocycles. The molecule has 2 atom stereocenters. The second-order valence-corrected chi connectivity index (χ2v) is 7.52. The molecule has 0 aliphatic carbocycles. The molecule has 2 aromatic carbocycles. The second-order valence-electron chi connectivity index (χ2n) is 5.54. The number of anilines is 1. The van der Waals surface area contributed by atoms with Crippen molar-refractivity contribution in [3.05, 3.63) is 42.5 Å². The molecule has 0 radical (unpaired) electrons. The van der Waals surface area contributed by atoms with Gasteiger partial charge in [-0.3, -0.25) is 0 Å². The van der Waals surface area contributed by atoms with Gasteiger partial charge in [-0.25, -0.2) is 13.1 Å². The number of aliphatic hydroxyl groups is 1. The van der Waals surface area contributed by atoms with Gasteiger partial charge in [0.1, 0.15) is 5.25 Å². The maximum atomic E-state index is 12.1. The molecule has 6 nitrogen and oxygen atoms in total. The van der Waals surface area contributed by atoms with E-state index in [2.05, 4.69) is 10.0 Å². The minimum absolute atomic E-state index is 0.0350. The maximum Gasteiger partial charge on any atom is 0.219 e. The molecule has 124 valence electrons. The van der Waals surface area contributed by atoms with E-state index in [1.54, 1.807) is 0 Å². The standard InChI is InChI=1S/C16H20N2O4S/c19-15-10-22-11-16(15)23(20,21)18-9-8-17-14-7-3-5-12-4-1-2-6-13(12)14/h1-7,15-19H,8-11H2. The van der Waals surface area contributed by atoms with Gasteiger partial charge in [-0.2, -0.15) is 0 Å². The first-order valence-electron chi connectivity index (χ1n) is 7.54. The van der Waals surface area contributed by atoms with Gasteiger partial charge in [-0.05, 0) is 11.5 Å². The number of ether oxygens (including phenoxy) is 1. The molecule has 0 amide bonds. The summed E-state index contributed by atoms with van der Waals surface area (Å²) in [7, 11) is -3.57. The summed E-state index contributed by atoms with van der Waals surface area (Å²) in [5.41, 5.74) is 0.964. The van der Waals surface area contributed by atoms with Gasteiger partial charge in [-0.1, -0.05) is 36.4 Å². The van der Waals surface area contributed by atoms with E-state index in [-0.39, 0.29) is 19.8 Å². The topological polar surface area (TPSA) is 87.7 Å². The molecule has 2 unspecified atom stereocenters. The summed E-state index contributed by atoms with van der Waals surface area (Å²) < 4.78 is 31.7. The van der Waals surface area contributed by atoms with E-state index >= 15 is 0 Å². The Balaban J connectivity index is 1.57. The average Bonchev–Trinajstić information content (AvgIpc) is 2.99. The van der Waals surface area contributed by atoms with Crippen LogP contribution in [0.25, 0.3) is 10.8 Å². The molecule has 0 aromatic heterocycles. The van der Waals surface area contributed by atoms with E-state index in [0.717, 1.165) is 16.5 Å². The summed E-state index contributed by atoms with van der Waals surface area (Å²) in [4.78, 5) is 0. The lowest BCUT2D eigenvalue weighted by Gasteiger charge is -2.15. The number of sulfonamides is 1. The van der Waals surface area contributed by atoms with Crippen LogP contribution in [0.2, 0.25) is 0 Å². The number of benzene rings is 2. The third kappa shape index (κ3) is 3.64.